The summed E-state index contributed by atoms with van der Waals surface area (Å²) in [5, 5.41) is 13.5. The van der Waals surface area contributed by atoms with E-state index in [1.807, 2.05) is 36.5 Å². The van der Waals surface area contributed by atoms with E-state index >= 15 is 0 Å². The number of carbonyl (C=O) groups excluding carboxylic acids is 1. The standard InChI is InChI=1S/C29H38N4O3/c34-27(35)25(33-17-5-15-29(28(33)36)13-2-3-14-29)20-22-7-9-24(10-8-22)32-18-11-23(12-19-32)21-31-26-6-1-4-16-30-26/h1,4,6-10,16,23,25H,2-3,5,11-15,17-21H2,(H,30,31)(H,34,35). The minimum Gasteiger partial charge on any atom is -0.480 e. The van der Waals surface area contributed by atoms with Crippen LogP contribution in [0.1, 0.15) is 56.9 Å². The highest BCUT2D eigenvalue weighted by molar-refractivity contribution is 5.88. The van der Waals surface area contributed by atoms with Crippen molar-refractivity contribution >= 4 is 23.4 Å². The van der Waals surface area contributed by atoms with E-state index in [9.17, 15) is 14.7 Å². The zero-order valence-corrected chi connectivity index (χ0v) is 21.1. The molecular formula is C29H38N4O3. The molecule has 7 nitrogen and oxygen atoms in total. The fraction of sp³-hybridized carbons (Fsp3) is 0.552. The number of nitrogens with one attached hydrogen (secondary N) is 1. The minimum atomic E-state index is -0.899. The molecule has 0 bridgehead atoms. The van der Waals surface area contributed by atoms with Crippen molar-refractivity contribution in [3.8, 4) is 0 Å². The molecule has 1 spiro atoms. The third kappa shape index (κ3) is 5.35. The maximum atomic E-state index is 13.3. The van der Waals surface area contributed by atoms with Gasteiger partial charge in [0.25, 0.3) is 0 Å². The number of carboxylic acid groups (broad SMARTS) is 1. The summed E-state index contributed by atoms with van der Waals surface area (Å²) in [6, 6.07) is 13.4. The number of amides is 1. The van der Waals surface area contributed by atoms with Gasteiger partial charge in [-0.3, -0.25) is 4.79 Å². The Labute approximate surface area is 213 Å². The van der Waals surface area contributed by atoms with Crippen molar-refractivity contribution in [3.05, 3.63) is 54.2 Å². The monoisotopic (exact) mass is 490 g/mol. The van der Waals surface area contributed by atoms with Crippen LogP contribution in [-0.4, -0.2) is 59.1 Å². The summed E-state index contributed by atoms with van der Waals surface area (Å²) in [5.41, 5.74) is 1.86. The van der Waals surface area contributed by atoms with Crippen LogP contribution in [-0.2, 0) is 16.0 Å². The number of carbonyl (C=O) groups is 2. The molecule has 5 rings (SSSR count). The van der Waals surface area contributed by atoms with E-state index in [1.54, 1.807) is 4.90 Å². The Balaban J connectivity index is 1.16. The molecule has 3 aliphatic rings. The number of benzene rings is 1. The van der Waals surface area contributed by atoms with Crippen molar-refractivity contribution in [1.29, 1.82) is 0 Å². The second-order valence-electron chi connectivity index (χ2n) is 10.8. The highest BCUT2D eigenvalue weighted by atomic mass is 16.4. The van der Waals surface area contributed by atoms with Crippen molar-refractivity contribution in [1.82, 2.24) is 9.88 Å². The average molecular weight is 491 g/mol. The maximum absolute atomic E-state index is 13.3. The molecule has 1 aliphatic carbocycles. The Hall–Kier alpha value is -3.09. The molecule has 1 atom stereocenters. The predicted molar refractivity (Wildman–Crippen MR) is 141 cm³/mol. The van der Waals surface area contributed by atoms with E-state index in [0.717, 1.165) is 82.4 Å². The fourth-order valence-electron chi connectivity index (χ4n) is 6.42. The Morgan fingerprint density at radius 1 is 1.03 bits per heavy atom. The van der Waals surface area contributed by atoms with E-state index in [0.29, 0.717) is 18.9 Å². The molecule has 7 heteroatoms. The van der Waals surface area contributed by atoms with Crippen LogP contribution in [0.25, 0.3) is 0 Å². The third-order valence-corrected chi connectivity index (χ3v) is 8.57. The molecule has 2 N–H and O–H groups in total. The largest absolute Gasteiger partial charge is 0.480 e. The summed E-state index contributed by atoms with van der Waals surface area (Å²) in [6.45, 7) is 3.52. The fourth-order valence-corrected chi connectivity index (χ4v) is 6.42. The quantitative estimate of drug-likeness (QED) is 0.563. The highest BCUT2D eigenvalue weighted by Crippen LogP contribution is 2.46. The predicted octanol–water partition coefficient (Wildman–Crippen LogP) is 4.59. The number of carboxylic acids is 1. The molecule has 3 fully saturated rings. The molecule has 1 unspecified atom stereocenters. The lowest BCUT2D eigenvalue weighted by Gasteiger charge is -2.42. The Morgan fingerprint density at radius 3 is 2.42 bits per heavy atom. The first kappa shape index (κ1) is 24.6. The van der Waals surface area contributed by atoms with Gasteiger partial charge in [-0.15, -0.1) is 0 Å². The number of likely N-dealkylation sites (tertiary alicyclic amines) is 1. The van der Waals surface area contributed by atoms with Crippen LogP contribution in [0.4, 0.5) is 11.5 Å². The molecule has 0 radical (unpaired) electrons. The lowest BCUT2D eigenvalue weighted by molar-refractivity contribution is -0.158. The van der Waals surface area contributed by atoms with Crippen molar-refractivity contribution in [2.45, 2.75) is 63.8 Å². The maximum Gasteiger partial charge on any atom is 0.326 e. The number of aromatic nitrogens is 1. The number of hydrogen-bond donors (Lipinski definition) is 2. The second-order valence-corrected chi connectivity index (χ2v) is 10.8. The molecule has 3 heterocycles. The zero-order chi connectivity index (χ0) is 25.0. The number of piperidine rings is 2. The first-order valence-electron chi connectivity index (χ1n) is 13.6. The summed E-state index contributed by atoms with van der Waals surface area (Å²) >= 11 is 0. The van der Waals surface area contributed by atoms with Gasteiger partial charge < -0.3 is 20.2 Å². The van der Waals surface area contributed by atoms with E-state index in [2.05, 4.69) is 27.3 Å². The number of aliphatic carboxylic acids is 1. The molecule has 2 saturated heterocycles. The van der Waals surface area contributed by atoms with Crippen LogP contribution in [0.2, 0.25) is 0 Å². The van der Waals surface area contributed by atoms with E-state index < -0.39 is 12.0 Å². The summed E-state index contributed by atoms with van der Waals surface area (Å²) in [5.74, 6) is 0.739. The van der Waals surface area contributed by atoms with E-state index in [-0.39, 0.29) is 11.3 Å². The Kier molecular flexibility index (Phi) is 7.44. The van der Waals surface area contributed by atoms with Crippen molar-refractivity contribution in [3.63, 3.8) is 0 Å². The number of rotatable bonds is 8. The Morgan fingerprint density at radius 2 is 1.75 bits per heavy atom. The summed E-state index contributed by atoms with van der Waals surface area (Å²) in [6.07, 6.45) is 10.2. The van der Waals surface area contributed by atoms with Crippen LogP contribution >= 0.6 is 0 Å². The van der Waals surface area contributed by atoms with Gasteiger partial charge in [0, 0.05) is 49.9 Å². The molecule has 1 aromatic carbocycles. The number of hydrogen-bond acceptors (Lipinski definition) is 5. The number of nitrogens with zero attached hydrogens (tertiary/aromatic N) is 3. The molecule has 1 saturated carbocycles. The normalized spacial score (nSPS) is 21.1. The molecule has 2 aliphatic heterocycles. The number of pyridine rings is 1. The molecule has 1 aromatic heterocycles. The van der Waals surface area contributed by atoms with Gasteiger partial charge in [-0.1, -0.05) is 31.0 Å². The van der Waals surface area contributed by atoms with Gasteiger partial charge in [0.2, 0.25) is 5.91 Å². The second kappa shape index (κ2) is 10.9. The first-order chi connectivity index (χ1) is 17.5. The Bertz CT molecular complexity index is 1030. The summed E-state index contributed by atoms with van der Waals surface area (Å²) < 4.78 is 0. The van der Waals surface area contributed by atoms with E-state index in [1.165, 1.54) is 5.69 Å². The van der Waals surface area contributed by atoms with Gasteiger partial charge in [0.05, 0.1) is 0 Å². The summed E-state index contributed by atoms with van der Waals surface area (Å²) in [7, 11) is 0. The van der Waals surface area contributed by atoms with Crippen LogP contribution in [0.5, 0.6) is 0 Å². The first-order valence-corrected chi connectivity index (χ1v) is 13.6. The number of anilines is 2. The minimum absolute atomic E-state index is 0.0793. The van der Waals surface area contributed by atoms with Gasteiger partial charge in [-0.25, -0.2) is 9.78 Å². The molecule has 1 amide bonds. The van der Waals surface area contributed by atoms with Gasteiger partial charge in [-0.05, 0) is 74.3 Å². The molecular weight excluding hydrogens is 452 g/mol. The van der Waals surface area contributed by atoms with Gasteiger partial charge in [-0.2, -0.15) is 0 Å². The molecule has 36 heavy (non-hydrogen) atoms. The van der Waals surface area contributed by atoms with Crippen LogP contribution < -0.4 is 10.2 Å². The van der Waals surface area contributed by atoms with Crippen molar-refractivity contribution in [2.75, 3.05) is 36.4 Å². The molecule has 2 aromatic rings. The lowest BCUT2D eigenvalue weighted by atomic mass is 9.77. The SMILES string of the molecule is O=C(O)C(Cc1ccc(N2CCC(CNc3ccccn3)CC2)cc1)N1CCCC2(CCCC2)C1=O. The van der Waals surface area contributed by atoms with Gasteiger partial charge >= 0.3 is 5.97 Å². The van der Waals surface area contributed by atoms with Gasteiger partial charge in [0.1, 0.15) is 11.9 Å². The van der Waals surface area contributed by atoms with Gasteiger partial charge in [0.15, 0.2) is 0 Å². The zero-order valence-electron chi connectivity index (χ0n) is 21.1. The van der Waals surface area contributed by atoms with Crippen LogP contribution in [0, 0.1) is 11.3 Å². The average Bonchev–Trinajstić information content (AvgIpc) is 3.38. The lowest BCUT2D eigenvalue weighted by Crippen LogP contribution is -2.55. The summed E-state index contributed by atoms with van der Waals surface area (Å²) in [4.78, 5) is 34.0. The van der Waals surface area contributed by atoms with Crippen molar-refractivity contribution < 1.29 is 14.7 Å². The van der Waals surface area contributed by atoms with Crippen LogP contribution in [0.3, 0.4) is 0 Å². The highest BCUT2D eigenvalue weighted by Gasteiger charge is 2.48. The third-order valence-electron chi connectivity index (χ3n) is 8.57. The van der Waals surface area contributed by atoms with E-state index in [4.69, 9.17) is 0 Å². The van der Waals surface area contributed by atoms with Crippen molar-refractivity contribution in [2.24, 2.45) is 11.3 Å². The molecule has 192 valence electrons. The topological polar surface area (TPSA) is 85.8 Å². The smallest absolute Gasteiger partial charge is 0.326 e. The van der Waals surface area contributed by atoms with Crippen LogP contribution in [0.15, 0.2) is 48.7 Å².